The molecule has 0 fully saturated rings. The third kappa shape index (κ3) is 4.95. The number of ether oxygens (including phenoxy) is 1. The van der Waals surface area contributed by atoms with Crippen molar-refractivity contribution in [3.05, 3.63) is 50.6 Å². The van der Waals surface area contributed by atoms with Gasteiger partial charge in [-0.15, -0.1) is 11.3 Å². The van der Waals surface area contributed by atoms with Gasteiger partial charge < -0.3 is 4.74 Å². The molecule has 0 saturated heterocycles. The molecule has 0 unspecified atom stereocenters. The number of carbonyl (C=O) groups is 1. The van der Waals surface area contributed by atoms with Crippen LogP contribution in [-0.2, 0) is 6.54 Å². The average molecular weight is 368 g/mol. The lowest BCUT2D eigenvalue weighted by Crippen LogP contribution is -2.23. The van der Waals surface area contributed by atoms with Crippen LogP contribution in [0.4, 0.5) is 0 Å². The van der Waals surface area contributed by atoms with E-state index in [4.69, 9.17) is 4.74 Å². The van der Waals surface area contributed by atoms with Gasteiger partial charge >= 0.3 is 0 Å². The maximum atomic E-state index is 11.5. The van der Waals surface area contributed by atoms with E-state index in [-0.39, 0.29) is 5.78 Å². The van der Waals surface area contributed by atoms with Crippen molar-refractivity contribution in [1.82, 2.24) is 4.90 Å². The standard InChI is InChI=1S/C16H18BrNO2S/c1-12(19)15-5-3-4-6-16(15)20-8-7-18(2)10-14-9-13(17)11-21-14/h3-6,9,11H,7-8,10H2,1-2H3. The van der Waals surface area contributed by atoms with Crippen molar-refractivity contribution in [1.29, 1.82) is 0 Å². The summed E-state index contributed by atoms with van der Waals surface area (Å²) < 4.78 is 6.87. The van der Waals surface area contributed by atoms with Gasteiger partial charge in [0, 0.05) is 27.8 Å². The average Bonchev–Trinajstić information content (AvgIpc) is 2.84. The zero-order valence-electron chi connectivity index (χ0n) is 12.1. The van der Waals surface area contributed by atoms with Crippen LogP contribution in [0.3, 0.4) is 0 Å². The molecule has 1 aromatic carbocycles. The van der Waals surface area contributed by atoms with E-state index in [1.165, 1.54) is 4.88 Å². The maximum absolute atomic E-state index is 11.5. The minimum absolute atomic E-state index is 0.0300. The first-order valence-electron chi connectivity index (χ1n) is 6.70. The molecule has 112 valence electrons. The quantitative estimate of drug-likeness (QED) is 0.686. The summed E-state index contributed by atoms with van der Waals surface area (Å²) in [4.78, 5) is 15.0. The van der Waals surface area contributed by atoms with Gasteiger partial charge in [0.1, 0.15) is 12.4 Å². The number of ketones is 1. The number of halogens is 1. The zero-order chi connectivity index (χ0) is 15.2. The number of likely N-dealkylation sites (N-methyl/N-ethyl adjacent to an activating group) is 1. The molecule has 2 rings (SSSR count). The third-order valence-corrected chi connectivity index (χ3v) is 4.73. The van der Waals surface area contributed by atoms with E-state index in [9.17, 15) is 4.79 Å². The number of thiophene rings is 1. The van der Waals surface area contributed by atoms with Crippen molar-refractivity contribution in [3.63, 3.8) is 0 Å². The molecule has 0 aliphatic carbocycles. The second-order valence-electron chi connectivity index (χ2n) is 4.87. The lowest BCUT2D eigenvalue weighted by Gasteiger charge is -2.16. The number of benzene rings is 1. The summed E-state index contributed by atoms with van der Waals surface area (Å²) >= 11 is 5.20. The lowest BCUT2D eigenvalue weighted by atomic mass is 10.1. The van der Waals surface area contributed by atoms with E-state index in [0.717, 1.165) is 17.6 Å². The largest absolute Gasteiger partial charge is 0.491 e. The van der Waals surface area contributed by atoms with Crippen LogP contribution in [0, 0.1) is 0 Å². The Labute approximate surface area is 137 Å². The first kappa shape index (κ1) is 16.2. The molecule has 3 nitrogen and oxygen atoms in total. The van der Waals surface area contributed by atoms with Crippen molar-refractivity contribution in [3.8, 4) is 5.75 Å². The van der Waals surface area contributed by atoms with E-state index >= 15 is 0 Å². The van der Waals surface area contributed by atoms with Crippen molar-refractivity contribution in [2.24, 2.45) is 0 Å². The molecular weight excluding hydrogens is 350 g/mol. The highest BCUT2D eigenvalue weighted by Gasteiger charge is 2.08. The van der Waals surface area contributed by atoms with Crippen LogP contribution < -0.4 is 4.74 Å². The molecular formula is C16H18BrNO2S. The Balaban J connectivity index is 1.83. The third-order valence-electron chi connectivity index (χ3n) is 3.04. The molecule has 0 amide bonds. The van der Waals surface area contributed by atoms with Crippen molar-refractivity contribution < 1.29 is 9.53 Å². The molecule has 0 atom stereocenters. The highest BCUT2D eigenvalue weighted by Crippen LogP contribution is 2.21. The minimum atomic E-state index is 0.0300. The summed E-state index contributed by atoms with van der Waals surface area (Å²) in [5.41, 5.74) is 0.641. The number of hydrogen-bond acceptors (Lipinski definition) is 4. The van der Waals surface area contributed by atoms with Crippen LogP contribution in [0.25, 0.3) is 0 Å². The Morgan fingerprint density at radius 2 is 2.14 bits per heavy atom. The van der Waals surface area contributed by atoms with Gasteiger partial charge in [0.05, 0.1) is 5.56 Å². The molecule has 0 aliphatic heterocycles. The highest BCUT2D eigenvalue weighted by atomic mass is 79.9. The molecule has 1 heterocycles. The monoisotopic (exact) mass is 367 g/mol. The Morgan fingerprint density at radius 3 is 2.81 bits per heavy atom. The summed E-state index contributed by atoms with van der Waals surface area (Å²) in [6.45, 7) is 3.83. The van der Waals surface area contributed by atoms with Crippen LogP contribution in [0.2, 0.25) is 0 Å². The molecule has 21 heavy (non-hydrogen) atoms. The molecule has 0 radical (unpaired) electrons. The highest BCUT2D eigenvalue weighted by molar-refractivity contribution is 9.10. The number of Topliss-reactive ketones (excluding diaryl/α,β-unsaturated/α-hetero) is 1. The Bertz CT molecular complexity index is 612. The summed E-state index contributed by atoms with van der Waals surface area (Å²) in [6, 6.07) is 9.50. The minimum Gasteiger partial charge on any atom is -0.491 e. The fourth-order valence-electron chi connectivity index (χ4n) is 1.98. The second kappa shape index (κ2) is 7.73. The molecule has 0 saturated carbocycles. The van der Waals surface area contributed by atoms with Gasteiger partial charge in [-0.05, 0) is 48.1 Å². The van der Waals surface area contributed by atoms with Gasteiger partial charge in [-0.1, -0.05) is 12.1 Å². The van der Waals surface area contributed by atoms with Gasteiger partial charge in [-0.2, -0.15) is 0 Å². The maximum Gasteiger partial charge on any atom is 0.163 e. The predicted octanol–water partition coefficient (Wildman–Crippen LogP) is 4.22. The van der Waals surface area contributed by atoms with Crippen LogP contribution in [0.1, 0.15) is 22.2 Å². The zero-order valence-corrected chi connectivity index (χ0v) is 14.5. The van der Waals surface area contributed by atoms with Gasteiger partial charge in [0.2, 0.25) is 0 Å². The normalized spacial score (nSPS) is 10.9. The van der Waals surface area contributed by atoms with Crippen LogP contribution in [-0.4, -0.2) is 30.9 Å². The van der Waals surface area contributed by atoms with E-state index in [1.54, 1.807) is 24.3 Å². The molecule has 0 bridgehead atoms. The smallest absolute Gasteiger partial charge is 0.163 e. The lowest BCUT2D eigenvalue weighted by molar-refractivity contribution is 0.101. The number of nitrogens with zero attached hydrogens (tertiary/aromatic N) is 1. The Kier molecular flexibility index (Phi) is 5.96. The first-order valence-corrected chi connectivity index (χ1v) is 8.37. The summed E-state index contributed by atoms with van der Waals surface area (Å²) in [5.74, 6) is 0.694. The summed E-state index contributed by atoms with van der Waals surface area (Å²) in [6.07, 6.45) is 0. The SMILES string of the molecule is CC(=O)c1ccccc1OCCN(C)Cc1cc(Br)cs1. The van der Waals surface area contributed by atoms with E-state index in [2.05, 4.69) is 39.3 Å². The molecule has 0 aliphatic rings. The molecule has 5 heteroatoms. The Morgan fingerprint density at radius 1 is 1.38 bits per heavy atom. The fourth-order valence-corrected chi connectivity index (χ4v) is 3.51. The van der Waals surface area contributed by atoms with Crippen LogP contribution >= 0.6 is 27.3 Å². The number of rotatable bonds is 7. The van der Waals surface area contributed by atoms with Gasteiger partial charge in [-0.3, -0.25) is 9.69 Å². The first-order chi connectivity index (χ1) is 10.1. The van der Waals surface area contributed by atoms with Crippen molar-refractivity contribution in [2.45, 2.75) is 13.5 Å². The van der Waals surface area contributed by atoms with Crippen LogP contribution in [0.5, 0.6) is 5.75 Å². The van der Waals surface area contributed by atoms with E-state index in [1.807, 2.05) is 18.2 Å². The summed E-state index contributed by atoms with van der Waals surface area (Å²) in [7, 11) is 2.06. The van der Waals surface area contributed by atoms with Gasteiger partial charge in [0.25, 0.3) is 0 Å². The number of hydrogen-bond donors (Lipinski definition) is 0. The predicted molar refractivity (Wildman–Crippen MR) is 90.3 cm³/mol. The van der Waals surface area contributed by atoms with Crippen molar-refractivity contribution in [2.75, 3.05) is 20.2 Å². The molecule has 1 aromatic heterocycles. The Hall–Kier alpha value is -1.17. The van der Waals surface area contributed by atoms with Gasteiger partial charge in [-0.25, -0.2) is 0 Å². The van der Waals surface area contributed by atoms with E-state index < -0.39 is 0 Å². The molecule has 2 aromatic rings. The number of carbonyl (C=O) groups excluding carboxylic acids is 1. The molecule has 0 N–H and O–H groups in total. The molecule has 0 spiro atoms. The number of para-hydroxylation sites is 1. The van der Waals surface area contributed by atoms with Crippen molar-refractivity contribution >= 4 is 33.0 Å². The summed E-state index contributed by atoms with van der Waals surface area (Å²) in [5, 5.41) is 2.09. The van der Waals surface area contributed by atoms with E-state index in [0.29, 0.717) is 17.9 Å². The topological polar surface area (TPSA) is 29.5 Å². The fraction of sp³-hybridized carbons (Fsp3) is 0.312. The van der Waals surface area contributed by atoms with Gasteiger partial charge in [0.15, 0.2) is 5.78 Å². The second-order valence-corrected chi connectivity index (χ2v) is 6.78. The van der Waals surface area contributed by atoms with Crippen LogP contribution in [0.15, 0.2) is 40.2 Å².